The number of rotatable bonds is 8. The van der Waals surface area contributed by atoms with E-state index in [1.54, 1.807) is 0 Å². The third-order valence-electron chi connectivity index (χ3n) is 3.29. The average molecular weight is 318 g/mol. The van der Waals surface area contributed by atoms with Crippen LogP contribution in [0.1, 0.15) is 37.8 Å². The van der Waals surface area contributed by atoms with Crippen LogP contribution >= 0.6 is 8.60 Å². The lowest BCUT2D eigenvalue weighted by atomic mass is 10.1. The molecular formula is C18H23O3P. The SMILES string of the molecule is CCCc1ccc(OP(O)Oc2ccc(CCC)cc2)cc1. The molecule has 0 saturated carbocycles. The quantitative estimate of drug-likeness (QED) is 0.674. The van der Waals surface area contributed by atoms with Crippen molar-refractivity contribution >= 4 is 8.60 Å². The van der Waals surface area contributed by atoms with Crippen LogP contribution in [-0.2, 0) is 12.8 Å². The Labute approximate surface area is 133 Å². The lowest BCUT2D eigenvalue weighted by Gasteiger charge is -2.13. The normalized spacial score (nSPS) is 10.7. The highest BCUT2D eigenvalue weighted by Gasteiger charge is 2.11. The summed E-state index contributed by atoms with van der Waals surface area (Å²) in [6.07, 6.45) is 4.33. The van der Waals surface area contributed by atoms with Gasteiger partial charge >= 0.3 is 8.60 Å². The highest BCUT2D eigenvalue weighted by Crippen LogP contribution is 2.36. The van der Waals surface area contributed by atoms with Crippen molar-refractivity contribution in [1.29, 1.82) is 0 Å². The molecule has 0 fully saturated rings. The fourth-order valence-electron chi connectivity index (χ4n) is 2.21. The van der Waals surface area contributed by atoms with Crippen molar-refractivity contribution in [3.05, 3.63) is 59.7 Å². The lowest BCUT2D eigenvalue weighted by Crippen LogP contribution is -1.95. The molecule has 0 saturated heterocycles. The molecule has 0 aliphatic rings. The van der Waals surface area contributed by atoms with Gasteiger partial charge in [-0.25, -0.2) is 0 Å². The fourth-order valence-corrected chi connectivity index (χ4v) is 2.85. The van der Waals surface area contributed by atoms with E-state index in [9.17, 15) is 4.89 Å². The maximum atomic E-state index is 9.92. The molecule has 2 rings (SSSR count). The molecule has 3 nitrogen and oxygen atoms in total. The summed E-state index contributed by atoms with van der Waals surface area (Å²) >= 11 is 0. The van der Waals surface area contributed by atoms with Crippen LogP contribution in [0.4, 0.5) is 0 Å². The smallest absolute Gasteiger partial charge is 0.418 e. The molecule has 22 heavy (non-hydrogen) atoms. The van der Waals surface area contributed by atoms with Crippen LogP contribution in [0, 0.1) is 0 Å². The van der Waals surface area contributed by atoms with Gasteiger partial charge in [-0.2, -0.15) is 0 Å². The van der Waals surface area contributed by atoms with Crippen molar-refractivity contribution in [2.75, 3.05) is 0 Å². The molecule has 2 aromatic rings. The Morgan fingerprint density at radius 1 is 0.727 bits per heavy atom. The van der Waals surface area contributed by atoms with Gasteiger partial charge in [0.2, 0.25) is 0 Å². The van der Waals surface area contributed by atoms with E-state index < -0.39 is 8.60 Å². The monoisotopic (exact) mass is 318 g/mol. The Morgan fingerprint density at radius 3 is 1.41 bits per heavy atom. The van der Waals surface area contributed by atoms with Crippen LogP contribution in [0.3, 0.4) is 0 Å². The van der Waals surface area contributed by atoms with Gasteiger partial charge in [-0.1, -0.05) is 51.0 Å². The molecule has 0 aliphatic heterocycles. The molecule has 1 N–H and O–H groups in total. The van der Waals surface area contributed by atoms with E-state index in [1.807, 2.05) is 48.5 Å². The first-order chi connectivity index (χ1) is 10.7. The molecule has 2 aromatic carbocycles. The van der Waals surface area contributed by atoms with E-state index in [1.165, 1.54) is 11.1 Å². The second kappa shape index (κ2) is 8.77. The molecule has 0 aliphatic carbocycles. The van der Waals surface area contributed by atoms with Gasteiger partial charge in [-0.3, -0.25) is 0 Å². The van der Waals surface area contributed by atoms with Crippen LogP contribution in [0.5, 0.6) is 11.5 Å². The van der Waals surface area contributed by atoms with Crippen molar-refractivity contribution in [1.82, 2.24) is 0 Å². The van der Waals surface area contributed by atoms with Crippen molar-refractivity contribution < 1.29 is 13.9 Å². The first kappa shape index (κ1) is 16.8. The van der Waals surface area contributed by atoms with E-state index in [0.717, 1.165) is 25.7 Å². The van der Waals surface area contributed by atoms with Gasteiger partial charge in [0.15, 0.2) is 0 Å². The minimum absolute atomic E-state index is 0.621. The van der Waals surface area contributed by atoms with E-state index in [-0.39, 0.29) is 0 Å². The third-order valence-corrected chi connectivity index (χ3v) is 4.03. The summed E-state index contributed by atoms with van der Waals surface area (Å²) in [4.78, 5) is 9.92. The highest BCUT2D eigenvalue weighted by atomic mass is 31.2. The number of benzene rings is 2. The summed E-state index contributed by atoms with van der Waals surface area (Å²) < 4.78 is 10.9. The van der Waals surface area contributed by atoms with Crippen LogP contribution in [0.2, 0.25) is 0 Å². The molecule has 0 spiro atoms. The molecule has 0 atom stereocenters. The Balaban J connectivity index is 1.87. The molecule has 0 amide bonds. The van der Waals surface area contributed by atoms with Gasteiger partial charge in [-0.15, -0.1) is 0 Å². The van der Waals surface area contributed by atoms with E-state index in [4.69, 9.17) is 9.05 Å². The largest absolute Gasteiger partial charge is 0.460 e. The molecule has 0 bridgehead atoms. The predicted octanol–water partition coefficient (Wildman–Crippen LogP) is 5.27. The minimum atomic E-state index is -1.97. The predicted molar refractivity (Wildman–Crippen MR) is 91.3 cm³/mol. The highest BCUT2D eigenvalue weighted by molar-refractivity contribution is 7.41. The molecule has 0 unspecified atom stereocenters. The topological polar surface area (TPSA) is 38.7 Å². The Hall–Kier alpha value is -1.57. The van der Waals surface area contributed by atoms with Crippen molar-refractivity contribution in [3.8, 4) is 11.5 Å². The van der Waals surface area contributed by atoms with Gasteiger partial charge in [0.1, 0.15) is 11.5 Å². The van der Waals surface area contributed by atoms with Crippen molar-refractivity contribution in [3.63, 3.8) is 0 Å². The summed E-state index contributed by atoms with van der Waals surface area (Å²) in [6.45, 7) is 4.30. The maximum absolute atomic E-state index is 9.92. The van der Waals surface area contributed by atoms with Gasteiger partial charge in [0.25, 0.3) is 0 Å². The number of hydrogen-bond acceptors (Lipinski definition) is 3. The maximum Gasteiger partial charge on any atom is 0.460 e. The summed E-state index contributed by atoms with van der Waals surface area (Å²) in [7, 11) is -1.97. The molecule has 4 heteroatoms. The molecule has 0 radical (unpaired) electrons. The minimum Gasteiger partial charge on any atom is -0.418 e. The standard InChI is InChI=1S/C18H23O3P/c1-3-5-15-7-11-17(12-8-15)20-22(19)21-18-13-9-16(6-4-2)10-14-18/h7-14,19H,3-6H2,1-2H3. The van der Waals surface area contributed by atoms with Crippen LogP contribution < -0.4 is 9.05 Å². The summed E-state index contributed by atoms with van der Waals surface area (Å²) in [5.41, 5.74) is 2.54. The van der Waals surface area contributed by atoms with Gasteiger partial charge in [-0.05, 0) is 48.2 Å². The van der Waals surface area contributed by atoms with Crippen LogP contribution in [-0.4, -0.2) is 4.89 Å². The second-order valence-electron chi connectivity index (χ2n) is 5.21. The number of hydrogen-bond donors (Lipinski definition) is 1. The summed E-state index contributed by atoms with van der Waals surface area (Å²) in [5, 5.41) is 0. The zero-order chi connectivity index (χ0) is 15.8. The Bertz CT molecular complexity index is 500. The van der Waals surface area contributed by atoms with Gasteiger partial charge in [0.05, 0.1) is 0 Å². The summed E-state index contributed by atoms with van der Waals surface area (Å²) in [6, 6.07) is 15.5. The average Bonchev–Trinajstić information content (AvgIpc) is 2.52. The van der Waals surface area contributed by atoms with Gasteiger partial charge in [0, 0.05) is 0 Å². The van der Waals surface area contributed by atoms with E-state index >= 15 is 0 Å². The molecule has 0 aromatic heterocycles. The first-order valence-electron chi connectivity index (χ1n) is 7.74. The molecule has 118 valence electrons. The van der Waals surface area contributed by atoms with Crippen LogP contribution in [0.25, 0.3) is 0 Å². The Morgan fingerprint density at radius 2 is 1.09 bits per heavy atom. The first-order valence-corrected chi connectivity index (χ1v) is 8.87. The Kier molecular flexibility index (Phi) is 6.70. The van der Waals surface area contributed by atoms with Crippen molar-refractivity contribution in [2.45, 2.75) is 39.5 Å². The zero-order valence-electron chi connectivity index (χ0n) is 13.2. The van der Waals surface area contributed by atoms with E-state index in [2.05, 4.69) is 13.8 Å². The molecule has 0 heterocycles. The lowest BCUT2D eigenvalue weighted by molar-refractivity contribution is 0.381. The number of aryl methyl sites for hydroxylation is 2. The van der Waals surface area contributed by atoms with E-state index in [0.29, 0.717) is 11.5 Å². The zero-order valence-corrected chi connectivity index (χ0v) is 14.1. The second-order valence-corrected chi connectivity index (χ2v) is 6.05. The summed E-state index contributed by atoms with van der Waals surface area (Å²) in [5.74, 6) is 1.24. The van der Waals surface area contributed by atoms with Gasteiger partial charge < -0.3 is 13.9 Å². The molecular weight excluding hydrogens is 295 g/mol. The fraction of sp³-hybridized carbons (Fsp3) is 0.333. The van der Waals surface area contributed by atoms with Crippen molar-refractivity contribution in [2.24, 2.45) is 0 Å². The third kappa shape index (κ3) is 5.32. The van der Waals surface area contributed by atoms with Crippen LogP contribution in [0.15, 0.2) is 48.5 Å².